The van der Waals surface area contributed by atoms with Crippen LogP contribution in [0.5, 0.6) is 0 Å². The van der Waals surface area contributed by atoms with E-state index in [-0.39, 0.29) is 5.91 Å². The van der Waals surface area contributed by atoms with Crippen molar-refractivity contribution in [2.45, 2.75) is 24.9 Å². The summed E-state index contributed by atoms with van der Waals surface area (Å²) in [5.74, 6) is -0.0218. The summed E-state index contributed by atoms with van der Waals surface area (Å²) < 4.78 is 0. The molecule has 1 aromatic heterocycles. The van der Waals surface area contributed by atoms with Gasteiger partial charge < -0.3 is 15.7 Å². The molecular weight excluding hydrogens is 236 g/mol. The van der Waals surface area contributed by atoms with E-state index < -0.39 is 5.60 Å². The van der Waals surface area contributed by atoms with Gasteiger partial charge in [-0.05, 0) is 30.8 Å². The van der Waals surface area contributed by atoms with E-state index in [4.69, 9.17) is 0 Å². The molecule has 0 radical (unpaired) electrons. The molecule has 0 spiro atoms. The maximum atomic E-state index is 11.7. The molecule has 0 bridgehead atoms. The molecule has 0 aliphatic carbocycles. The highest BCUT2D eigenvalue weighted by atomic mass is 32.1. The van der Waals surface area contributed by atoms with Crippen molar-refractivity contribution in [1.29, 1.82) is 0 Å². The Kier molecular flexibility index (Phi) is 4.15. The molecule has 1 aromatic rings. The van der Waals surface area contributed by atoms with Crippen LogP contribution in [0.3, 0.4) is 0 Å². The number of nitrogens with one attached hydrogen (secondary N) is 2. The lowest BCUT2D eigenvalue weighted by Crippen LogP contribution is -2.53. The lowest BCUT2D eigenvalue weighted by Gasteiger charge is -2.32. The van der Waals surface area contributed by atoms with Crippen molar-refractivity contribution >= 4 is 17.2 Å². The van der Waals surface area contributed by atoms with Gasteiger partial charge >= 0.3 is 0 Å². The Balaban J connectivity index is 1.75. The zero-order valence-electron chi connectivity index (χ0n) is 9.74. The van der Waals surface area contributed by atoms with E-state index in [1.807, 2.05) is 17.5 Å². The Bertz CT molecular complexity index is 359. The number of amides is 1. The van der Waals surface area contributed by atoms with Crippen LogP contribution in [-0.2, 0) is 11.2 Å². The van der Waals surface area contributed by atoms with Gasteiger partial charge in [0, 0.05) is 18.0 Å². The average Bonchev–Trinajstić information content (AvgIpc) is 2.80. The third kappa shape index (κ3) is 3.80. The van der Waals surface area contributed by atoms with Gasteiger partial charge in [0.15, 0.2) is 0 Å². The Labute approximate surface area is 105 Å². The summed E-state index contributed by atoms with van der Waals surface area (Å²) in [6, 6.07) is 3.88. The van der Waals surface area contributed by atoms with E-state index in [0.717, 1.165) is 24.3 Å². The summed E-state index contributed by atoms with van der Waals surface area (Å²) >= 11 is 1.58. The second kappa shape index (κ2) is 5.62. The van der Waals surface area contributed by atoms with Gasteiger partial charge in [0.05, 0.1) is 12.0 Å². The first kappa shape index (κ1) is 12.5. The van der Waals surface area contributed by atoms with Crippen LogP contribution in [0, 0.1) is 0 Å². The van der Waals surface area contributed by atoms with E-state index in [9.17, 15) is 9.90 Å². The number of carbonyl (C=O) groups is 1. The van der Waals surface area contributed by atoms with E-state index >= 15 is 0 Å². The van der Waals surface area contributed by atoms with Crippen LogP contribution >= 0.6 is 11.3 Å². The van der Waals surface area contributed by atoms with Gasteiger partial charge in [-0.1, -0.05) is 6.07 Å². The van der Waals surface area contributed by atoms with Crippen LogP contribution in [0.2, 0.25) is 0 Å². The predicted molar refractivity (Wildman–Crippen MR) is 68.1 cm³/mol. The minimum absolute atomic E-state index is 0.0218. The topological polar surface area (TPSA) is 61.4 Å². The van der Waals surface area contributed by atoms with Crippen LogP contribution in [0.4, 0.5) is 0 Å². The molecule has 0 unspecified atom stereocenters. The highest BCUT2D eigenvalue weighted by Crippen LogP contribution is 2.15. The molecule has 1 aliphatic rings. The van der Waals surface area contributed by atoms with Crippen molar-refractivity contribution < 1.29 is 9.90 Å². The smallest absolute Gasteiger partial charge is 0.225 e. The van der Waals surface area contributed by atoms with Crippen molar-refractivity contribution in [3.05, 3.63) is 22.4 Å². The summed E-state index contributed by atoms with van der Waals surface area (Å²) in [5.41, 5.74) is -0.774. The first-order valence-electron chi connectivity index (χ1n) is 5.90. The number of β-amino-alcohol motifs (C(OH)–C–C–N with tert-alkyl or cyclic N) is 1. The van der Waals surface area contributed by atoms with Gasteiger partial charge in [-0.2, -0.15) is 0 Å². The van der Waals surface area contributed by atoms with Crippen molar-refractivity contribution in [3.63, 3.8) is 0 Å². The zero-order chi connectivity index (χ0) is 12.1. The van der Waals surface area contributed by atoms with Crippen LogP contribution < -0.4 is 10.6 Å². The van der Waals surface area contributed by atoms with Crippen LogP contribution in [0.1, 0.15) is 17.7 Å². The van der Waals surface area contributed by atoms with Gasteiger partial charge in [-0.15, -0.1) is 11.3 Å². The van der Waals surface area contributed by atoms with Gasteiger partial charge in [-0.3, -0.25) is 4.79 Å². The van der Waals surface area contributed by atoms with Gasteiger partial charge in [0.2, 0.25) is 5.91 Å². The normalized spacial score (nSPS) is 24.5. The molecule has 1 aliphatic heterocycles. The highest BCUT2D eigenvalue weighted by molar-refractivity contribution is 7.10. The molecule has 2 rings (SSSR count). The molecule has 4 nitrogen and oxygen atoms in total. The molecule has 3 N–H and O–H groups in total. The van der Waals surface area contributed by atoms with E-state index in [1.165, 1.54) is 0 Å². The van der Waals surface area contributed by atoms with E-state index in [1.54, 1.807) is 11.3 Å². The van der Waals surface area contributed by atoms with Crippen molar-refractivity contribution in [2.24, 2.45) is 0 Å². The fraction of sp³-hybridized carbons (Fsp3) is 0.583. The standard InChI is InChI=1S/C12H18N2O2S/c15-11(7-10-3-1-6-17-10)14-9-12(16)4-2-5-13-8-12/h1,3,6,13,16H,2,4-5,7-9H2,(H,14,15)/t12-/m0/s1. The number of thiophene rings is 1. The van der Waals surface area contributed by atoms with Crippen LogP contribution in [0.25, 0.3) is 0 Å². The Morgan fingerprint density at radius 3 is 3.18 bits per heavy atom. The van der Waals surface area contributed by atoms with Gasteiger partial charge in [-0.25, -0.2) is 0 Å². The number of rotatable bonds is 4. The molecule has 1 fully saturated rings. The summed E-state index contributed by atoms with van der Waals surface area (Å²) in [5, 5.41) is 18.1. The van der Waals surface area contributed by atoms with Crippen molar-refractivity contribution in [3.8, 4) is 0 Å². The molecule has 0 aromatic carbocycles. The number of hydrogen-bond donors (Lipinski definition) is 3. The molecule has 5 heteroatoms. The molecular formula is C12H18N2O2S. The first-order chi connectivity index (χ1) is 8.18. The molecule has 17 heavy (non-hydrogen) atoms. The third-order valence-electron chi connectivity index (χ3n) is 2.98. The first-order valence-corrected chi connectivity index (χ1v) is 6.78. The lowest BCUT2D eigenvalue weighted by molar-refractivity contribution is -0.121. The van der Waals surface area contributed by atoms with Gasteiger partial charge in [0.1, 0.15) is 0 Å². The predicted octanol–water partition coefficient (Wildman–Crippen LogP) is 0.521. The quantitative estimate of drug-likeness (QED) is 0.734. The minimum atomic E-state index is -0.774. The summed E-state index contributed by atoms with van der Waals surface area (Å²) in [6.45, 7) is 1.85. The lowest BCUT2D eigenvalue weighted by atomic mass is 9.94. The van der Waals surface area contributed by atoms with Gasteiger partial charge in [0.25, 0.3) is 0 Å². The van der Waals surface area contributed by atoms with E-state index in [0.29, 0.717) is 19.5 Å². The molecule has 94 valence electrons. The Hall–Kier alpha value is -0.910. The Morgan fingerprint density at radius 1 is 1.65 bits per heavy atom. The number of carbonyl (C=O) groups excluding carboxylic acids is 1. The second-order valence-electron chi connectivity index (χ2n) is 4.54. The summed E-state index contributed by atoms with van der Waals surface area (Å²) in [7, 11) is 0. The molecule has 1 amide bonds. The van der Waals surface area contributed by atoms with Crippen LogP contribution in [0.15, 0.2) is 17.5 Å². The fourth-order valence-electron chi connectivity index (χ4n) is 2.00. The maximum Gasteiger partial charge on any atom is 0.225 e. The number of hydrogen-bond acceptors (Lipinski definition) is 4. The molecule has 2 heterocycles. The Morgan fingerprint density at radius 2 is 2.53 bits per heavy atom. The maximum absolute atomic E-state index is 11.7. The van der Waals surface area contributed by atoms with Crippen molar-refractivity contribution in [1.82, 2.24) is 10.6 Å². The fourth-order valence-corrected chi connectivity index (χ4v) is 2.70. The van der Waals surface area contributed by atoms with E-state index in [2.05, 4.69) is 10.6 Å². The summed E-state index contributed by atoms with van der Waals surface area (Å²) in [4.78, 5) is 12.7. The molecule has 0 saturated carbocycles. The minimum Gasteiger partial charge on any atom is -0.387 e. The summed E-state index contributed by atoms with van der Waals surface area (Å²) in [6.07, 6.45) is 2.11. The third-order valence-corrected chi connectivity index (χ3v) is 3.86. The zero-order valence-corrected chi connectivity index (χ0v) is 10.6. The molecule has 1 atom stereocenters. The molecule has 1 saturated heterocycles. The average molecular weight is 254 g/mol. The van der Waals surface area contributed by atoms with Crippen LogP contribution in [-0.4, -0.2) is 36.2 Å². The monoisotopic (exact) mass is 254 g/mol. The number of piperidine rings is 1. The van der Waals surface area contributed by atoms with Crippen molar-refractivity contribution in [2.75, 3.05) is 19.6 Å². The highest BCUT2D eigenvalue weighted by Gasteiger charge is 2.29. The SMILES string of the molecule is O=C(Cc1cccs1)NC[C@]1(O)CCCNC1. The largest absolute Gasteiger partial charge is 0.387 e. The number of aliphatic hydroxyl groups is 1. The second-order valence-corrected chi connectivity index (χ2v) is 5.57.